The number of rotatable bonds is 9. The molecule has 0 saturated heterocycles. The summed E-state index contributed by atoms with van der Waals surface area (Å²) in [7, 11) is 0. The Hall–Kier alpha value is -5.77. The lowest BCUT2D eigenvalue weighted by Crippen LogP contribution is -2.52. The lowest BCUT2D eigenvalue weighted by Gasteiger charge is -2.31. The maximum Gasteiger partial charge on any atom is 0.424 e. The van der Waals surface area contributed by atoms with Crippen LogP contribution in [0.15, 0.2) is 73.2 Å². The van der Waals surface area contributed by atoms with Crippen LogP contribution in [0.3, 0.4) is 0 Å². The van der Waals surface area contributed by atoms with Crippen molar-refractivity contribution in [2.45, 2.75) is 24.1 Å². The van der Waals surface area contributed by atoms with Crippen molar-refractivity contribution in [3.63, 3.8) is 0 Å². The summed E-state index contributed by atoms with van der Waals surface area (Å²) in [5, 5.41) is 16.9. The second-order valence-corrected chi connectivity index (χ2v) is 11.5. The summed E-state index contributed by atoms with van der Waals surface area (Å²) < 4.78 is 78.3. The van der Waals surface area contributed by atoms with Crippen molar-refractivity contribution in [2.24, 2.45) is 5.73 Å². The molecule has 3 aromatic heterocycles. The average Bonchev–Trinajstić information content (AvgIpc) is 3.47. The smallest absolute Gasteiger partial charge is 0.424 e. The van der Waals surface area contributed by atoms with Gasteiger partial charge in [-0.05, 0) is 67.1 Å². The summed E-state index contributed by atoms with van der Waals surface area (Å²) in [6.45, 7) is -1.79. The van der Waals surface area contributed by atoms with Crippen LogP contribution in [0.4, 0.5) is 33.6 Å². The molecule has 11 nitrogen and oxygen atoms in total. The number of aromatic nitrogens is 4. The van der Waals surface area contributed by atoms with Crippen LogP contribution in [0, 0.1) is 12.7 Å². The number of ether oxygens (including phenoxy) is 1. The van der Waals surface area contributed by atoms with Crippen molar-refractivity contribution in [1.82, 2.24) is 25.3 Å². The van der Waals surface area contributed by atoms with Gasteiger partial charge >= 0.3 is 6.18 Å². The van der Waals surface area contributed by atoms with Crippen LogP contribution in [0.1, 0.15) is 27.2 Å². The number of nitrogens with two attached hydrogens (primary N) is 1. The van der Waals surface area contributed by atoms with Gasteiger partial charge in [-0.25, -0.2) is 23.7 Å². The van der Waals surface area contributed by atoms with Gasteiger partial charge in [-0.15, -0.1) is 0 Å². The van der Waals surface area contributed by atoms with Gasteiger partial charge in [0.05, 0.1) is 23.4 Å². The molecule has 4 heterocycles. The highest BCUT2D eigenvalue weighted by atomic mass is 19.4. The molecular formula is C33H26F5N7O4. The molecule has 0 saturated carbocycles. The third-order valence-corrected chi connectivity index (χ3v) is 8.16. The summed E-state index contributed by atoms with van der Waals surface area (Å²) >= 11 is 0. The number of alkyl halides is 4. The molecule has 0 radical (unpaired) electrons. The number of benzene rings is 2. The van der Waals surface area contributed by atoms with Crippen molar-refractivity contribution in [1.29, 1.82) is 0 Å². The zero-order valence-electron chi connectivity index (χ0n) is 25.5. The van der Waals surface area contributed by atoms with Crippen LogP contribution in [-0.4, -0.2) is 62.9 Å². The molecule has 5 aromatic rings. The molecule has 0 unspecified atom stereocenters. The number of carbonyl (C=O) groups is 2. The van der Waals surface area contributed by atoms with Crippen LogP contribution in [0.2, 0.25) is 0 Å². The Labute approximate surface area is 274 Å². The number of hydrogen-bond donors (Lipinski definition) is 4. The van der Waals surface area contributed by atoms with E-state index in [4.69, 9.17) is 10.5 Å². The van der Waals surface area contributed by atoms with Gasteiger partial charge in [-0.1, -0.05) is 0 Å². The molecule has 5 N–H and O–H groups in total. The van der Waals surface area contributed by atoms with Crippen LogP contribution in [0.5, 0.6) is 5.75 Å². The molecule has 2 atom stereocenters. The molecular weight excluding hydrogens is 653 g/mol. The molecule has 1 aliphatic heterocycles. The predicted molar refractivity (Wildman–Crippen MR) is 166 cm³/mol. The number of aryl methyl sites for hydroxylation is 1. The number of aliphatic hydroxyl groups is 1. The van der Waals surface area contributed by atoms with Gasteiger partial charge in [-0.2, -0.15) is 13.2 Å². The first-order chi connectivity index (χ1) is 23.3. The number of carbonyl (C=O) groups excluding carboxylic acids is 2. The van der Waals surface area contributed by atoms with Crippen molar-refractivity contribution in [2.75, 3.05) is 25.1 Å². The molecule has 0 aliphatic carbocycles. The van der Waals surface area contributed by atoms with Crippen LogP contribution < -0.4 is 21.1 Å². The van der Waals surface area contributed by atoms with Gasteiger partial charge < -0.3 is 26.2 Å². The Morgan fingerprint density at radius 3 is 2.43 bits per heavy atom. The van der Waals surface area contributed by atoms with Crippen molar-refractivity contribution in [3.05, 3.63) is 101 Å². The third-order valence-electron chi connectivity index (χ3n) is 8.16. The van der Waals surface area contributed by atoms with E-state index in [0.717, 1.165) is 17.7 Å². The zero-order valence-corrected chi connectivity index (χ0v) is 25.5. The first-order valence-corrected chi connectivity index (χ1v) is 14.6. The number of halogens is 5. The SMILES string of the molecule is Cc1cnc2c(Nc3ncccn3)cc(C(=O)NC[C@](O)(c3cc4c(c(-c5ccc(F)cc5)n3)OC[C@]4(CF)C(N)=O)C(F)(F)F)cc2c1. The predicted octanol–water partition coefficient (Wildman–Crippen LogP) is 4.54. The molecule has 2 amide bonds. The highest BCUT2D eigenvalue weighted by molar-refractivity contribution is 6.02. The number of nitrogens with one attached hydrogen (secondary N) is 2. The monoisotopic (exact) mass is 679 g/mol. The number of pyridine rings is 2. The van der Waals surface area contributed by atoms with Crippen molar-refractivity contribution < 1.29 is 41.4 Å². The summed E-state index contributed by atoms with van der Waals surface area (Å²) in [4.78, 5) is 42.6. The summed E-state index contributed by atoms with van der Waals surface area (Å²) in [6.07, 6.45) is -0.933. The Bertz CT molecular complexity index is 2080. The molecule has 2 aromatic carbocycles. The Morgan fingerprint density at radius 1 is 1.06 bits per heavy atom. The zero-order chi connectivity index (χ0) is 35.1. The summed E-state index contributed by atoms with van der Waals surface area (Å²) in [5.41, 5.74) is -1.05. The lowest BCUT2D eigenvalue weighted by molar-refractivity contribution is -0.265. The summed E-state index contributed by atoms with van der Waals surface area (Å²) in [6, 6.07) is 11.1. The van der Waals surface area contributed by atoms with E-state index in [2.05, 4.69) is 30.6 Å². The number of anilines is 2. The number of amides is 2. The van der Waals surface area contributed by atoms with Gasteiger partial charge in [-0.3, -0.25) is 14.6 Å². The van der Waals surface area contributed by atoms with E-state index < -0.39 is 65.9 Å². The Morgan fingerprint density at radius 2 is 1.78 bits per heavy atom. The molecule has 49 heavy (non-hydrogen) atoms. The number of nitrogens with zero attached hydrogens (tertiary/aromatic N) is 4. The van der Waals surface area contributed by atoms with Crippen LogP contribution >= 0.6 is 0 Å². The standard InChI is InChI=1S/C33H26F5N7O4/c1-17-9-19-10-20(11-23(25(19)42-13-17)44-30-40-7-2-8-41-30)28(46)43-15-32(48,33(36,37)38)24-12-22-27(49-16-31(22,14-34)29(39)47)26(45-24)18-3-5-21(35)6-4-18/h2-13,48H,14-16H2,1H3,(H2,39,47)(H,43,46)(H,40,41,44)/t31-,32-/m0/s1. The molecule has 252 valence electrons. The quantitative estimate of drug-likeness (QED) is 0.164. The van der Waals surface area contributed by atoms with E-state index in [1.807, 2.05) is 0 Å². The second kappa shape index (κ2) is 12.4. The number of hydrogen-bond acceptors (Lipinski definition) is 9. The minimum Gasteiger partial charge on any atom is -0.489 e. The van der Waals surface area contributed by atoms with E-state index in [-0.39, 0.29) is 34.2 Å². The molecule has 0 fully saturated rings. The van der Waals surface area contributed by atoms with Gasteiger partial charge in [0.15, 0.2) is 0 Å². The first-order valence-electron chi connectivity index (χ1n) is 14.6. The first kappa shape index (κ1) is 33.1. The van der Waals surface area contributed by atoms with Crippen molar-refractivity contribution in [3.8, 4) is 17.0 Å². The van der Waals surface area contributed by atoms with Gasteiger partial charge in [0.1, 0.15) is 36.0 Å². The van der Waals surface area contributed by atoms with E-state index in [1.54, 1.807) is 25.3 Å². The van der Waals surface area contributed by atoms with E-state index in [9.17, 15) is 36.6 Å². The fourth-order valence-electron chi connectivity index (χ4n) is 5.42. The van der Waals surface area contributed by atoms with E-state index >= 15 is 0 Å². The van der Waals surface area contributed by atoms with Gasteiger partial charge in [0, 0.05) is 40.7 Å². The molecule has 16 heteroatoms. The fourth-order valence-corrected chi connectivity index (χ4v) is 5.42. The maximum absolute atomic E-state index is 14.9. The molecule has 6 rings (SSSR count). The van der Waals surface area contributed by atoms with Gasteiger partial charge in [0.2, 0.25) is 17.5 Å². The summed E-state index contributed by atoms with van der Waals surface area (Å²) in [5.74, 6) is -3.01. The maximum atomic E-state index is 14.9. The largest absolute Gasteiger partial charge is 0.489 e. The molecule has 0 bridgehead atoms. The number of primary amides is 1. The molecule has 0 spiro atoms. The van der Waals surface area contributed by atoms with Crippen LogP contribution in [0.25, 0.3) is 22.2 Å². The number of fused-ring (bicyclic) bond motifs is 2. The Kier molecular flexibility index (Phi) is 8.36. The highest BCUT2D eigenvalue weighted by Gasteiger charge is 2.58. The van der Waals surface area contributed by atoms with E-state index in [1.165, 1.54) is 36.7 Å². The topological polar surface area (TPSA) is 165 Å². The third kappa shape index (κ3) is 5.94. The molecule has 1 aliphatic rings. The van der Waals surface area contributed by atoms with Crippen molar-refractivity contribution >= 4 is 34.4 Å². The minimum atomic E-state index is -5.48. The highest BCUT2D eigenvalue weighted by Crippen LogP contribution is 2.48. The average molecular weight is 680 g/mol. The Balaban J connectivity index is 1.42. The normalized spacial score (nSPS) is 16.8. The fraction of sp³-hybridized carbons (Fsp3) is 0.212. The minimum absolute atomic E-state index is 0.0367. The van der Waals surface area contributed by atoms with Crippen LogP contribution in [-0.2, 0) is 15.8 Å². The van der Waals surface area contributed by atoms with Gasteiger partial charge in [0.25, 0.3) is 5.91 Å². The van der Waals surface area contributed by atoms with E-state index in [0.29, 0.717) is 17.0 Å². The second-order valence-electron chi connectivity index (χ2n) is 11.5. The lowest BCUT2D eigenvalue weighted by atomic mass is 9.81.